The molecule has 5 N–H and O–H groups in total. The van der Waals surface area contributed by atoms with Crippen LogP contribution in [-0.4, -0.2) is 40.0 Å². The summed E-state index contributed by atoms with van der Waals surface area (Å²) in [6, 6.07) is -0.862. The Balaban J connectivity index is 4.55. The number of nitrogens with two attached hydrogens (primary N) is 1. The predicted octanol–water partition coefficient (Wildman–Crippen LogP) is -0.792. The number of rotatable bonds is 5. The van der Waals surface area contributed by atoms with E-state index in [1.54, 1.807) is 0 Å². The number of hydrogen-bond acceptors (Lipinski definition) is 4. The van der Waals surface area contributed by atoms with Gasteiger partial charge in [0.05, 0.1) is 5.54 Å². The molecule has 0 aromatic heterocycles. The average Bonchev–Trinajstić information content (AvgIpc) is 2.14. The summed E-state index contributed by atoms with van der Waals surface area (Å²) in [6.45, 7) is 7.18. The van der Waals surface area contributed by atoms with Crippen LogP contribution in [0.5, 0.6) is 0 Å². The van der Waals surface area contributed by atoms with Gasteiger partial charge in [0.2, 0.25) is 11.8 Å². The molecular formula is C11H21N3O4. The Labute approximate surface area is 106 Å². The first-order valence-corrected chi connectivity index (χ1v) is 5.53. The van der Waals surface area contributed by atoms with E-state index in [1.807, 2.05) is 0 Å². The quantitative estimate of drug-likeness (QED) is 0.515. The lowest BCUT2D eigenvalue weighted by Gasteiger charge is -2.25. The molecule has 0 rings (SSSR count). The van der Waals surface area contributed by atoms with Crippen molar-refractivity contribution in [1.29, 1.82) is 0 Å². The summed E-state index contributed by atoms with van der Waals surface area (Å²) in [5.74, 6) is -2.23. The second-order valence-electron chi connectivity index (χ2n) is 5.34. The maximum atomic E-state index is 11.7. The van der Waals surface area contributed by atoms with Crippen LogP contribution in [0.1, 0.15) is 34.6 Å². The summed E-state index contributed by atoms with van der Waals surface area (Å²) >= 11 is 0. The van der Waals surface area contributed by atoms with Crippen molar-refractivity contribution in [2.45, 2.75) is 51.7 Å². The lowest BCUT2D eigenvalue weighted by atomic mass is 10.0. The first-order chi connectivity index (χ1) is 7.88. The first kappa shape index (κ1) is 16.4. The molecule has 1 atom stereocenters. The van der Waals surface area contributed by atoms with Crippen LogP contribution in [0.15, 0.2) is 0 Å². The van der Waals surface area contributed by atoms with Gasteiger partial charge in [0.1, 0.15) is 11.6 Å². The van der Waals surface area contributed by atoms with Crippen LogP contribution in [-0.2, 0) is 14.4 Å². The normalized spacial score (nSPS) is 13.7. The topological polar surface area (TPSA) is 122 Å². The van der Waals surface area contributed by atoms with Gasteiger partial charge in [0.15, 0.2) is 0 Å². The fraction of sp³-hybridized carbons (Fsp3) is 0.727. The highest BCUT2D eigenvalue weighted by Gasteiger charge is 2.32. The third-order valence-corrected chi connectivity index (χ3v) is 2.30. The first-order valence-electron chi connectivity index (χ1n) is 5.53. The number of aliphatic carboxylic acids is 1. The number of carboxylic acids is 1. The number of carbonyl (C=O) groups is 3. The minimum absolute atomic E-state index is 0.488. The molecule has 0 heterocycles. The summed E-state index contributed by atoms with van der Waals surface area (Å²) in [5, 5.41) is 13.6. The van der Waals surface area contributed by atoms with Crippen molar-refractivity contribution < 1.29 is 19.5 Å². The molecule has 0 aromatic carbocycles. The zero-order valence-electron chi connectivity index (χ0n) is 11.3. The minimum atomic E-state index is -1.39. The molecule has 104 valence electrons. The highest BCUT2D eigenvalue weighted by atomic mass is 16.4. The van der Waals surface area contributed by atoms with Crippen LogP contribution >= 0.6 is 0 Å². The van der Waals surface area contributed by atoms with Crippen LogP contribution in [0.2, 0.25) is 0 Å². The highest BCUT2D eigenvalue weighted by molar-refractivity contribution is 5.93. The van der Waals surface area contributed by atoms with E-state index >= 15 is 0 Å². The van der Waals surface area contributed by atoms with Gasteiger partial charge in [-0.15, -0.1) is 0 Å². The van der Waals surface area contributed by atoms with Crippen LogP contribution in [0, 0.1) is 0 Å². The van der Waals surface area contributed by atoms with E-state index in [1.165, 1.54) is 34.6 Å². The van der Waals surface area contributed by atoms with Gasteiger partial charge in [-0.2, -0.15) is 0 Å². The third kappa shape index (κ3) is 4.70. The smallest absolute Gasteiger partial charge is 0.328 e. The van der Waals surface area contributed by atoms with Crippen molar-refractivity contribution in [2.75, 3.05) is 0 Å². The second-order valence-corrected chi connectivity index (χ2v) is 5.34. The van der Waals surface area contributed by atoms with Gasteiger partial charge < -0.3 is 21.5 Å². The monoisotopic (exact) mass is 259 g/mol. The van der Waals surface area contributed by atoms with Gasteiger partial charge in [0.25, 0.3) is 0 Å². The van der Waals surface area contributed by atoms with E-state index in [0.717, 1.165) is 0 Å². The average molecular weight is 259 g/mol. The van der Waals surface area contributed by atoms with Crippen LogP contribution < -0.4 is 16.4 Å². The number of carboxylic acid groups (broad SMARTS) is 1. The summed E-state index contributed by atoms with van der Waals surface area (Å²) in [7, 11) is 0. The van der Waals surface area contributed by atoms with Gasteiger partial charge in [-0.3, -0.25) is 9.59 Å². The molecule has 0 aliphatic rings. The van der Waals surface area contributed by atoms with Crippen LogP contribution in [0.25, 0.3) is 0 Å². The Morgan fingerprint density at radius 3 is 1.94 bits per heavy atom. The summed E-state index contributed by atoms with van der Waals surface area (Å²) < 4.78 is 0. The van der Waals surface area contributed by atoms with Gasteiger partial charge in [0, 0.05) is 0 Å². The van der Waals surface area contributed by atoms with Crippen molar-refractivity contribution in [3.05, 3.63) is 0 Å². The largest absolute Gasteiger partial charge is 0.480 e. The Morgan fingerprint density at radius 1 is 1.17 bits per heavy atom. The molecule has 7 heteroatoms. The fourth-order valence-electron chi connectivity index (χ4n) is 0.918. The van der Waals surface area contributed by atoms with Gasteiger partial charge in [-0.1, -0.05) is 0 Å². The van der Waals surface area contributed by atoms with Crippen molar-refractivity contribution in [2.24, 2.45) is 5.73 Å². The van der Waals surface area contributed by atoms with Crippen LogP contribution in [0.4, 0.5) is 0 Å². The molecule has 0 bridgehead atoms. The predicted molar refractivity (Wildman–Crippen MR) is 65.7 cm³/mol. The maximum Gasteiger partial charge on any atom is 0.328 e. The van der Waals surface area contributed by atoms with Gasteiger partial charge in [-0.25, -0.2) is 4.79 Å². The zero-order chi connectivity index (χ0) is 14.7. The molecule has 18 heavy (non-hydrogen) atoms. The zero-order valence-corrected chi connectivity index (χ0v) is 11.3. The molecule has 0 unspecified atom stereocenters. The van der Waals surface area contributed by atoms with E-state index in [4.69, 9.17) is 10.8 Å². The lowest BCUT2D eigenvalue weighted by Crippen LogP contribution is -2.58. The molecule has 2 amide bonds. The lowest BCUT2D eigenvalue weighted by molar-refractivity contribution is -0.146. The van der Waals surface area contributed by atoms with Crippen molar-refractivity contribution in [3.8, 4) is 0 Å². The Kier molecular flexibility index (Phi) is 4.86. The van der Waals surface area contributed by atoms with Crippen molar-refractivity contribution >= 4 is 17.8 Å². The van der Waals surface area contributed by atoms with E-state index in [2.05, 4.69) is 10.6 Å². The number of amides is 2. The van der Waals surface area contributed by atoms with E-state index in [-0.39, 0.29) is 0 Å². The number of carbonyl (C=O) groups excluding carboxylic acids is 2. The second kappa shape index (κ2) is 5.34. The SMILES string of the molecule is C[C@H](NC(=O)C(C)(C)N)C(=O)NC(C)(C)C(=O)O. The molecule has 0 aliphatic heterocycles. The van der Waals surface area contributed by atoms with Crippen molar-refractivity contribution in [1.82, 2.24) is 10.6 Å². The van der Waals surface area contributed by atoms with E-state index < -0.39 is 34.9 Å². The number of nitrogens with one attached hydrogen (secondary N) is 2. The standard InChI is InChI=1S/C11H21N3O4/c1-6(13-8(16)10(2,3)12)7(15)14-11(4,5)9(17)18/h6H,12H2,1-5H3,(H,13,16)(H,14,15)(H,17,18)/t6-/m0/s1. The molecule has 0 fully saturated rings. The number of hydrogen-bond donors (Lipinski definition) is 4. The van der Waals surface area contributed by atoms with Gasteiger partial charge >= 0.3 is 5.97 Å². The maximum absolute atomic E-state index is 11.7. The van der Waals surface area contributed by atoms with E-state index in [9.17, 15) is 14.4 Å². The van der Waals surface area contributed by atoms with Gasteiger partial charge in [-0.05, 0) is 34.6 Å². The minimum Gasteiger partial charge on any atom is -0.480 e. The third-order valence-electron chi connectivity index (χ3n) is 2.30. The Morgan fingerprint density at radius 2 is 1.61 bits per heavy atom. The Hall–Kier alpha value is -1.63. The Bertz CT molecular complexity index is 358. The molecule has 0 aromatic rings. The fourth-order valence-corrected chi connectivity index (χ4v) is 0.918. The molecule has 0 saturated carbocycles. The molecule has 0 radical (unpaired) electrons. The van der Waals surface area contributed by atoms with Crippen molar-refractivity contribution in [3.63, 3.8) is 0 Å². The van der Waals surface area contributed by atoms with E-state index in [0.29, 0.717) is 0 Å². The summed E-state index contributed by atoms with van der Waals surface area (Å²) in [4.78, 5) is 34.1. The molecular weight excluding hydrogens is 238 g/mol. The highest BCUT2D eigenvalue weighted by Crippen LogP contribution is 2.03. The van der Waals surface area contributed by atoms with Crippen LogP contribution in [0.3, 0.4) is 0 Å². The summed E-state index contributed by atoms with van der Waals surface area (Å²) in [5.41, 5.74) is 3.07. The molecule has 0 aliphatic carbocycles. The summed E-state index contributed by atoms with van der Waals surface area (Å²) in [6.07, 6.45) is 0. The molecule has 0 saturated heterocycles. The molecule has 0 spiro atoms. The molecule has 7 nitrogen and oxygen atoms in total.